The average Bonchev–Trinajstić information content (AvgIpc) is 2.58. The monoisotopic (exact) mass is 448 g/mol. The molecule has 0 aromatic heterocycles. The van der Waals surface area contributed by atoms with Gasteiger partial charge in [0.05, 0.1) is 0 Å². The molecule has 0 saturated heterocycles. The van der Waals surface area contributed by atoms with Gasteiger partial charge in [0, 0.05) is 29.4 Å². The standard InChI is InChI=1S/C22H29BrN2O3/c23-22-11-15-7-16(12-22)10-21(9-15,14-22)13-19(27)24-5-2-6-25-20(28)17-3-1-4-18(26)8-17/h1,3-4,8,15-16,26H,2,5-7,9-14H2,(H,24,27)(H,25,28). The van der Waals surface area contributed by atoms with Gasteiger partial charge in [0.2, 0.25) is 5.91 Å². The highest BCUT2D eigenvalue weighted by Crippen LogP contribution is 2.65. The maximum absolute atomic E-state index is 12.5. The predicted molar refractivity (Wildman–Crippen MR) is 111 cm³/mol. The van der Waals surface area contributed by atoms with Gasteiger partial charge in [-0.15, -0.1) is 0 Å². The zero-order valence-corrected chi connectivity index (χ0v) is 17.8. The minimum absolute atomic E-state index is 0.0786. The Morgan fingerprint density at radius 2 is 1.82 bits per heavy atom. The quantitative estimate of drug-likeness (QED) is 0.438. The number of amides is 2. The predicted octanol–water partition coefficient (Wildman–Crippen LogP) is 3.75. The van der Waals surface area contributed by atoms with Crippen molar-refractivity contribution in [2.24, 2.45) is 17.3 Å². The Morgan fingerprint density at radius 1 is 1.11 bits per heavy atom. The number of phenols is 1. The second-order valence-corrected chi connectivity index (χ2v) is 11.0. The summed E-state index contributed by atoms with van der Waals surface area (Å²) in [4.78, 5) is 24.6. The number of rotatable bonds is 7. The number of benzene rings is 1. The van der Waals surface area contributed by atoms with E-state index in [2.05, 4.69) is 26.6 Å². The van der Waals surface area contributed by atoms with Gasteiger partial charge in [-0.2, -0.15) is 0 Å². The van der Waals surface area contributed by atoms with Crippen LogP contribution in [0.3, 0.4) is 0 Å². The highest BCUT2D eigenvalue weighted by molar-refractivity contribution is 9.10. The molecule has 4 aliphatic carbocycles. The van der Waals surface area contributed by atoms with Gasteiger partial charge in [0.1, 0.15) is 5.75 Å². The number of halogens is 1. The van der Waals surface area contributed by atoms with E-state index in [-0.39, 0.29) is 27.3 Å². The Balaban J connectivity index is 1.18. The van der Waals surface area contributed by atoms with E-state index in [4.69, 9.17) is 0 Å². The van der Waals surface area contributed by atoms with Crippen LogP contribution in [0.4, 0.5) is 0 Å². The molecule has 6 heteroatoms. The molecule has 1 aromatic rings. The number of carbonyl (C=O) groups excluding carboxylic acids is 2. The molecule has 5 nitrogen and oxygen atoms in total. The van der Waals surface area contributed by atoms with Crippen molar-refractivity contribution in [2.45, 2.75) is 55.7 Å². The summed E-state index contributed by atoms with van der Waals surface area (Å²) in [6.45, 7) is 1.07. The van der Waals surface area contributed by atoms with Crippen molar-refractivity contribution in [3.8, 4) is 5.75 Å². The minimum Gasteiger partial charge on any atom is -0.508 e. The minimum atomic E-state index is -0.210. The molecule has 0 heterocycles. The summed E-state index contributed by atoms with van der Waals surface area (Å²) in [7, 11) is 0. The van der Waals surface area contributed by atoms with Crippen LogP contribution in [-0.2, 0) is 4.79 Å². The van der Waals surface area contributed by atoms with E-state index in [1.807, 2.05) is 0 Å². The fourth-order valence-corrected chi connectivity index (χ4v) is 7.72. The number of phenolic OH excluding ortho intramolecular Hbond substituents is 1. The van der Waals surface area contributed by atoms with Crippen LogP contribution in [-0.4, -0.2) is 34.3 Å². The first-order valence-corrected chi connectivity index (χ1v) is 11.2. The zero-order valence-electron chi connectivity index (χ0n) is 16.2. The molecule has 4 aliphatic rings. The Kier molecular flexibility index (Phi) is 5.43. The molecular formula is C22H29BrN2O3. The number of alkyl halides is 1. The summed E-state index contributed by atoms with van der Waals surface area (Å²) in [5.74, 6) is 1.60. The maximum atomic E-state index is 12.5. The van der Waals surface area contributed by atoms with Gasteiger partial charge in [-0.3, -0.25) is 9.59 Å². The van der Waals surface area contributed by atoms with E-state index in [9.17, 15) is 14.7 Å². The lowest BCUT2D eigenvalue weighted by Crippen LogP contribution is -2.54. The van der Waals surface area contributed by atoms with E-state index in [1.54, 1.807) is 12.1 Å². The van der Waals surface area contributed by atoms with Crippen LogP contribution in [0.5, 0.6) is 5.75 Å². The molecule has 2 atom stereocenters. The van der Waals surface area contributed by atoms with Crippen LogP contribution >= 0.6 is 15.9 Å². The van der Waals surface area contributed by atoms with Gasteiger partial charge in [-0.05, 0) is 80.4 Å². The number of hydrogen-bond donors (Lipinski definition) is 3. The fourth-order valence-electron chi connectivity index (χ4n) is 6.21. The Labute approximate surface area is 174 Å². The first kappa shape index (κ1) is 19.7. The number of hydrogen-bond acceptors (Lipinski definition) is 3. The smallest absolute Gasteiger partial charge is 0.251 e. The van der Waals surface area contributed by atoms with E-state index < -0.39 is 0 Å². The molecule has 0 aliphatic heterocycles. The highest BCUT2D eigenvalue weighted by atomic mass is 79.9. The molecule has 2 unspecified atom stereocenters. The van der Waals surface area contributed by atoms with Crippen molar-refractivity contribution in [1.29, 1.82) is 0 Å². The molecule has 0 radical (unpaired) electrons. The van der Waals surface area contributed by atoms with Crippen molar-refractivity contribution >= 4 is 27.7 Å². The lowest BCUT2D eigenvalue weighted by atomic mass is 9.48. The van der Waals surface area contributed by atoms with Gasteiger partial charge in [-0.25, -0.2) is 0 Å². The van der Waals surface area contributed by atoms with Gasteiger partial charge in [-0.1, -0.05) is 22.0 Å². The van der Waals surface area contributed by atoms with Crippen LogP contribution < -0.4 is 10.6 Å². The molecule has 2 amide bonds. The van der Waals surface area contributed by atoms with Gasteiger partial charge in [0.15, 0.2) is 0 Å². The van der Waals surface area contributed by atoms with Crippen LogP contribution in [0.2, 0.25) is 0 Å². The summed E-state index contributed by atoms with van der Waals surface area (Å²) in [5.41, 5.74) is 0.635. The number of nitrogens with one attached hydrogen (secondary N) is 2. The normalized spacial score (nSPS) is 32.9. The van der Waals surface area contributed by atoms with Crippen LogP contribution in [0.15, 0.2) is 24.3 Å². The van der Waals surface area contributed by atoms with Crippen molar-refractivity contribution in [1.82, 2.24) is 10.6 Å². The van der Waals surface area contributed by atoms with Crippen LogP contribution in [0.1, 0.15) is 61.7 Å². The number of carbonyl (C=O) groups is 2. The Morgan fingerprint density at radius 3 is 2.50 bits per heavy atom. The van der Waals surface area contributed by atoms with Gasteiger partial charge >= 0.3 is 0 Å². The second-order valence-electron chi connectivity index (χ2n) is 9.30. The summed E-state index contributed by atoms with van der Waals surface area (Å²) < 4.78 is 0.285. The first-order chi connectivity index (χ1) is 13.3. The molecule has 3 N–H and O–H groups in total. The molecular weight excluding hydrogens is 420 g/mol. The van der Waals surface area contributed by atoms with Crippen molar-refractivity contribution in [3.63, 3.8) is 0 Å². The second kappa shape index (κ2) is 7.69. The molecule has 4 fully saturated rings. The first-order valence-electron chi connectivity index (χ1n) is 10.4. The average molecular weight is 449 g/mol. The van der Waals surface area contributed by atoms with Crippen molar-refractivity contribution in [2.75, 3.05) is 13.1 Å². The van der Waals surface area contributed by atoms with E-state index >= 15 is 0 Å². The van der Waals surface area contributed by atoms with Gasteiger partial charge in [0.25, 0.3) is 5.91 Å². The maximum Gasteiger partial charge on any atom is 0.251 e. The SMILES string of the molecule is O=C(CC12CC3CC(CC(Br)(C3)C1)C2)NCCCNC(=O)c1cccc(O)c1. The molecule has 5 rings (SSSR count). The summed E-state index contributed by atoms with van der Waals surface area (Å²) in [6.07, 6.45) is 8.82. The van der Waals surface area contributed by atoms with E-state index in [1.165, 1.54) is 44.2 Å². The van der Waals surface area contributed by atoms with Gasteiger partial charge < -0.3 is 15.7 Å². The Bertz CT molecular complexity index is 752. The van der Waals surface area contributed by atoms with Crippen molar-refractivity contribution < 1.29 is 14.7 Å². The molecule has 152 valence electrons. The van der Waals surface area contributed by atoms with Crippen LogP contribution in [0.25, 0.3) is 0 Å². The third kappa shape index (κ3) is 4.37. The molecule has 1 aromatic carbocycles. The van der Waals surface area contributed by atoms with E-state index in [0.717, 1.165) is 18.3 Å². The topological polar surface area (TPSA) is 78.4 Å². The molecule has 28 heavy (non-hydrogen) atoms. The van der Waals surface area contributed by atoms with Crippen LogP contribution in [0, 0.1) is 17.3 Å². The highest BCUT2D eigenvalue weighted by Gasteiger charge is 2.57. The van der Waals surface area contributed by atoms with Crippen molar-refractivity contribution in [3.05, 3.63) is 29.8 Å². The molecule has 0 spiro atoms. The third-order valence-electron chi connectivity index (χ3n) is 6.72. The largest absolute Gasteiger partial charge is 0.508 e. The summed E-state index contributed by atoms with van der Waals surface area (Å²) >= 11 is 4.01. The summed E-state index contributed by atoms with van der Waals surface area (Å²) in [5, 5.41) is 15.3. The summed E-state index contributed by atoms with van der Waals surface area (Å²) in [6, 6.07) is 6.29. The fraction of sp³-hybridized carbons (Fsp3) is 0.636. The lowest BCUT2D eigenvalue weighted by molar-refractivity contribution is -0.128. The lowest BCUT2D eigenvalue weighted by Gasteiger charge is -2.60. The number of aromatic hydroxyl groups is 1. The molecule has 4 saturated carbocycles. The zero-order chi connectivity index (χ0) is 19.8. The molecule has 4 bridgehead atoms. The van der Waals surface area contributed by atoms with E-state index in [0.29, 0.717) is 31.5 Å². The Hall–Kier alpha value is -1.56. The third-order valence-corrected chi connectivity index (χ3v) is 7.64.